The van der Waals surface area contributed by atoms with E-state index in [4.69, 9.17) is 0 Å². The van der Waals surface area contributed by atoms with Crippen LogP contribution in [0.4, 0.5) is 11.9 Å². The number of nitrogens with zero attached hydrogens (tertiary/aromatic N) is 7. The van der Waals surface area contributed by atoms with Gasteiger partial charge < -0.3 is 20.1 Å². The summed E-state index contributed by atoms with van der Waals surface area (Å²) in [4.78, 5) is 37.3. The van der Waals surface area contributed by atoms with Gasteiger partial charge in [-0.25, -0.2) is 0 Å². The van der Waals surface area contributed by atoms with Gasteiger partial charge >= 0.3 is 11.9 Å². The van der Waals surface area contributed by atoms with Gasteiger partial charge in [0.1, 0.15) is 12.3 Å². The molecule has 0 unspecified atom stereocenters. The monoisotopic (exact) mass is 323 g/mol. The van der Waals surface area contributed by atoms with E-state index in [0.29, 0.717) is 19.3 Å². The maximum absolute atomic E-state index is 12.0. The maximum atomic E-state index is 12.0. The molecule has 0 aromatic carbocycles. The molecule has 1 N–H and O–H groups in total. The second-order valence-electron chi connectivity index (χ2n) is 4.54. The number of aliphatic hydroxyl groups excluding tert-OH is 1. The van der Waals surface area contributed by atoms with Crippen molar-refractivity contribution in [3.8, 4) is 0 Å². The summed E-state index contributed by atoms with van der Waals surface area (Å²) in [6.07, 6.45) is 1.13. The van der Waals surface area contributed by atoms with Gasteiger partial charge in [-0.3, -0.25) is 9.59 Å². The topological polar surface area (TPSA) is 156 Å². The molecule has 0 bridgehead atoms. The van der Waals surface area contributed by atoms with Crippen molar-refractivity contribution in [1.29, 1.82) is 0 Å². The van der Waals surface area contributed by atoms with E-state index in [2.05, 4.69) is 20.3 Å². The molecule has 0 spiro atoms. The van der Waals surface area contributed by atoms with Crippen LogP contribution in [0.5, 0.6) is 0 Å². The van der Waals surface area contributed by atoms with Crippen molar-refractivity contribution >= 4 is 24.1 Å². The Labute approximate surface area is 129 Å². The summed E-state index contributed by atoms with van der Waals surface area (Å²) in [7, 11) is 0. The van der Waals surface area contributed by atoms with Crippen LogP contribution in [0.25, 0.3) is 0 Å². The first kappa shape index (κ1) is 16.2. The molecule has 0 aliphatic carbocycles. The van der Waals surface area contributed by atoms with Gasteiger partial charge in [0.2, 0.25) is 0 Å². The lowest BCUT2D eigenvalue weighted by molar-refractivity contribution is -0.397. The maximum Gasteiger partial charge on any atom is 0.458 e. The molecule has 1 aliphatic rings. The molecule has 122 valence electrons. The summed E-state index contributed by atoms with van der Waals surface area (Å²) in [5, 5.41) is 31.2. The zero-order valence-electron chi connectivity index (χ0n) is 12.1. The Hall–Kier alpha value is -3.18. The van der Waals surface area contributed by atoms with Crippen LogP contribution in [-0.4, -0.2) is 55.0 Å². The number of azo groups is 1. The highest BCUT2D eigenvalue weighted by Gasteiger charge is 2.30. The van der Waals surface area contributed by atoms with Crippen molar-refractivity contribution in [3.05, 3.63) is 21.6 Å². The first-order chi connectivity index (χ1) is 11.0. The van der Waals surface area contributed by atoms with Crippen molar-refractivity contribution in [3.63, 3.8) is 0 Å². The molecule has 0 saturated carbocycles. The van der Waals surface area contributed by atoms with Gasteiger partial charge in [0.05, 0.1) is 6.54 Å². The summed E-state index contributed by atoms with van der Waals surface area (Å²) in [5.41, 5.74) is -0.257. The first-order valence-electron chi connectivity index (χ1n) is 6.64. The molecule has 0 atom stereocenters. The molecule has 12 nitrogen and oxygen atoms in total. The van der Waals surface area contributed by atoms with E-state index in [0.717, 1.165) is 4.68 Å². The minimum Gasteiger partial charge on any atom is -0.508 e. The summed E-state index contributed by atoms with van der Waals surface area (Å²) < 4.78 is 0.745. The molecule has 2 rings (SSSR count). The summed E-state index contributed by atoms with van der Waals surface area (Å²) in [6, 6.07) is 0. The van der Waals surface area contributed by atoms with Crippen LogP contribution in [0.3, 0.4) is 0 Å². The first-order valence-corrected chi connectivity index (χ1v) is 6.64. The van der Waals surface area contributed by atoms with E-state index in [1.54, 1.807) is 0 Å². The highest BCUT2D eigenvalue weighted by atomic mass is 16.6. The van der Waals surface area contributed by atoms with Crippen LogP contribution in [0.15, 0.2) is 21.7 Å². The van der Waals surface area contributed by atoms with Gasteiger partial charge in [-0.05, 0) is 21.4 Å². The third kappa shape index (κ3) is 3.36. The SMILES string of the molecule is CCCN1CC(O)=C(N=Nc2nc([N+](=O)[O-])n(CC=O)n2)C1=O. The lowest BCUT2D eigenvalue weighted by atomic mass is 10.4. The molecule has 1 aromatic rings. The lowest BCUT2D eigenvalue weighted by Crippen LogP contribution is -2.27. The number of carbonyl (C=O) groups excluding carboxylic acids is 2. The van der Waals surface area contributed by atoms with Crippen LogP contribution in [0.1, 0.15) is 13.3 Å². The minimum absolute atomic E-state index is 0.0359. The number of nitro groups is 1. The largest absolute Gasteiger partial charge is 0.508 e. The Morgan fingerprint density at radius 2 is 2.22 bits per heavy atom. The Morgan fingerprint density at radius 1 is 1.48 bits per heavy atom. The molecule has 12 heteroatoms. The number of rotatable bonds is 7. The summed E-state index contributed by atoms with van der Waals surface area (Å²) in [5.74, 6) is -1.79. The van der Waals surface area contributed by atoms with Crippen molar-refractivity contribution in [2.45, 2.75) is 19.9 Å². The summed E-state index contributed by atoms with van der Waals surface area (Å²) in [6.45, 7) is 2.01. The van der Waals surface area contributed by atoms with Gasteiger partial charge in [0.15, 0.2) is 12.0 Å². The fraction of sp³-hybridized carbons (Fsp3) is 0.455. The molecule has 1 aliphatic heterocycles. The fourth-order valence-corrected chi connectivity index (χ4v) is 1.94. The molecule has 1 amide bonds. The van der Waals surface area contributed by atoms with Crippen LogP contribution in [-0.2, 0) is 16.1 Å². The van der Waals surface area contributed by atoms with Gasteiger partial charge in [0, 0.05) is 6.54 Å². The van der Waals surface area contributed by atoms with E-state index in [1.165, 1.54) is 4.90 Å². The molecule has 0 radical (unpaired) electrons. The quantitative estimate of drug-likeness (QED) is 0.331. The Balaban J connectivity index is 2.22. The molecule has 0 saturated heterocycles. The predicted octanol–water partition coefficient (Wildman–Crippen LogP) is 0.491. The molecular formula is C11H13N7O5. The van der Waals surface area contributed by atoms with E-state index in [1.807, 2.05) is 6.92 Å². The number of hydrogen-bond donors (Lipinski definition) is 1. The molecule has 23 heavy (non-hydrogen) atoms. The van der Waals surface area contributed by atoms with Crippen molar-refractivity contribution in [2.24, 2.45) is 10.2 Å². The highest BCUT2D eigenvalue weighted by molar-refractivity contribution is 5.96. The Kier molecular flexibility index (Phi) is 4.73. The van der Waals surface area contributed by atoms with Crippen molar-refractivity contribution < 1.29 is 19.6 Å². The Bertz CT molecular complexity index is 708. The fourth-order valence-electron chi connectivity index (χ4n) is 1.94. The molecule has 2 heterocycles. The smallest absolute Gasteiger partial charge is 0.458 e. The summed E-state index contributed by atoms with van der Waals surface area (Å²) >= 11 is 0. The van der Waals surface area contributed by atoms with Crippen LogP contribution in [0.2, 0.25) is 0 Å². The van der Waals surface area contributed by atoms with Gasteiger partial charge in [-0.15, -0.1) is 9.80 Å². The second-order valence-corrected chi connectivity index (χ2v) is 4.54. The van der Waals surface area contributed by atoms with Crippen molar-refractivity contribution in [2.75, 3.05) is 13.1 Å². The molecule has 0 fully saturated rings. The third-order valence-corrected chi connectivity index (χ3v) is 2.89. The second kappa shape index (κ2) is 6.72. The zero-order chi connectivity index (χ0) is 17.0. The zero-order valence-corrected chi connectivity index (χ0v) is 12.1. The molecular weight excluding hydrogens is 310 g/mol. The average molecular weight is 323 g/mol. The van der Waals surface area contributed by atoms with Gasteiger partial charge in [0.25, 0.3) is 5.91 Å². The lowest BCUT2D eigenvalue weighted by Gasteiger charge is -2.13. The number of carbonyl (C=O) groups is 2. The van der Waals surface area contributed by atoms with Gasteiger partial charge in [-0.1, -0.05) is 12.0 Å². The number of amides is 1. The van der Waals surface area contributed by atoms with E-state index >= 15 is 0 Å². The third-order valence-electron chi connectivity index (χ3n) is 2.89. The van der Waals surface area contributed by atoms with Crippen LogP contribution < -0.4 is 0 Å². The molecule has 1 aromatic heterocycles. The van der Waals surface area contributed by atoms with Gasteiger partial charge in [-0.2, -0.15) is 0 Å². The van der Waals surface area contributed by atoms with E-state index < -0.39 is 16.8 Å². The normalized spacial score (nSPS) is 15.0. The predicted molar refractivity (Wildman–Crippen MR) is 73.8 cm³/mol. The average Bonchev–Trinajstić information content (AvgIpc) is 3.01. The number of aliphatic hydroxyl groups is 1. The number of hydrogen-bond acceptors (Lipinski definition) is 9. The number of aromatic nitrogens is 3. The minimum atomic E-state index is -0.823. The highest BCUT2D eigenvalue weighted by Crippen LogP contribution is 2.21. The van der Waals surface area contributed by atoms with Crippen LogP contribution >= 0.6 is 0 Å². The van der Waals surface area contributed by atoms with E-state index in [-0.39, 0.29) is 30.5 Å². The van der Waals surface area contributed by atoms with Crippen molar-refractivity contribution in [1.82, 2.24) is 19.7 Å². The standard InChI is InChI=1S/C11H13N7O5/c1-2-3-16-6-7(20)8(9(16)21)13-14-10-12-11(18(22)23)17(15-10)4-5-19/h5,20H,2-4,6H2,1H3. The number of aldehydes is 1. The van der Waals surface area contributed by atoms with E-state index in [9.17, 15) is 24.8 Å². The Morgan fingerprint density at radius 3 is 2.83 bits per heavy atom. The van der Waals surface area contributed by atoms with Crippen LogP contribution in [0, 0.1) is 10.1 Å².